The molecule has 0 radical (unpaired) electrons. The lowest BCUT2D eigenvalue weighted by molar-refractivity contribution is 0.112. The van der Waals surface area contributed by atoms with Crippen molar-refractivity contribution >= 4 is 22.9 Å². The molecule has 0 bridgehead atoms. The number of hydrogen-bond donors (Lipinski definition) is 1. The molecule has 1 saturated heterocycles. The molecule has 7 heteroatoms. The SMILES string of the molecule is CCn1cc(C=O)c(=O)c2cc(F)c(N3CCNC(C)C3)c(F)c21. The Hall–Kier alpha value is -2.28. The molecule has 1 atom stereocenters. The van der Waals surface area contributed by atoms with Gasteiger partial charge in [-0.2, -0.15) is 0 Å². The van der Waals surface area contributed by atoms with E-state index in [0.29, 0.717) is 32.5 Å². The molecule has 24 heavy (non-hydrogen) atoms. The fraction of sp³-hybridized carbons (Fsp3) is 0.412. The molecule has 1 N–H and O–H groups in total. The van der Waals surface area contributed by atoms with Crippen molar-refractivity contribution < 1.29 is 13.6 Å². The monoisotopic (exact) mass is 335 g/mol. The lowest BCUT2D eigenvalue weighted by atomic mass is 10.1. The topological polar surface area (TPSA) is 54.3 Å². The van der Waals surface area contributed by atoms with E-state index >= 15 is 4.39 Å². The average molecular weight is 335 g/mol. The Morgan fingerprint density at radius 1 is 1.42 bits per heavy atom. The number of pyridine rings is 1. The van der Waals surface area contributed by atoms with Crippen molar-refractivity contribution in [1.29, 1.82) is 0 Å². The largest absolute Gasteiger partial charge is 0.364 e. The minimum absolute atomic E-state index is 0.0377. The Labute approximate surface area is 137 Å². The highest BCUT2D eigenvalue weighted by Crippen LogP contribution is 2.30. The molecule has 5 nitrogen and oxygen atoms in total. The molecular weight excluding hydrogens is 316 g/mol. The van der Waals surface area contributed by atoms with Gasteiger partial charge in [-0.05, 0) is 19.9 Å². The van der Waals surface area contributed by atoms with Gasteiger partial charge < -0.3 is 14.8 Å². The van der Waals surface area contributed by atoms with E-state index in [1.54, 1.807) is 11.8 Å². The molecule has 0 aliphatic carbocycles. The summed E-state index contributed by atoms with van der Waals surface area (Å²) in [6.07, 6.45) is 1.73. The maximum absolute atomic E-state index is 15.2. The molecule has 1 aliphatic rings. The summed E-state index contributed by atoms with van der Waals surface area (Å²) < 4.78 is 31.2. The molecule has 2 heterocycles. The van der Waals surface area contributed by atoms with Crippen molar-refractivity contribution in [3.8, 4) is 0 Å². The maximum Gasteiger partial charge on any atom is 0.200 e. The van der Waals surface area contributed by atoms with Gasteiger partial charge in [-0.15, -0.1) is 0 Å². The Kier molecular flexibility index (Phi) is 4.36. The fourth-order valence-corrected chi connectivity index (χ4v) is 3.26. The summed E-state index contributed by atoms with van der Waals surface area (Å²) in [7, 11) is 0. The minimum Gasteiger partial charge on any atom is -0.364 e. The predicted molar refractivity (Wildman–Crippen MR) is 88.9 cm³/mol. The molecule has 128 valence electrons. The van der Waals surface area contributed by atoms with E-state index in [9.17, 15) is 14.0 Å². The first kappa shape index (κ1) is 16.6. The van der Waals surface area contributed by atoms with Gasteiger partial charge >= 0.3 is 0 Å². The minimum atomic E-state index is -0.781. The molecular formula is C17H19F2N3O2. The zero-order valence-electron chi connectivity index (χ0n) is 13.6. The summed E-state index contributed by atoms with van der Waals surface area (Å²) in [5, 5.41) is 3.12. The Balaban J connectivity index is 2.30. The molecule has 2 aromatic rings. The number of piperazine rings is 1. The van der Waals surface area contributed by atoms with E-state index in [0.717, 1.165) is 6.07 Å². The molecule has 1 aromatic heterocycles. The first-order chi connectivity index (χ1) is 11.5. The molecule has 0 spiro atoms. The summed E-state index contributed by atoms with van der Waals surface area (Å²) in [5.41, 5.74) is -0.832. The number of aldehydes is 1. The molecule has 0 amide bonds. The standard InChI is InChI=1S/C17H19F2N3O2/c1-3-21-8-11(9-23)17(24)12-6-13(18)16(14(19)15(12)21)22-5-4-20-10(2)7-22/h6,8-10,20H,3-5,7H2,1-2H3. The van der Waals surface area contributed by atoms with Gasteiger partial charge in [0.2, 0.25) is 0 Å². The first-order valence-electron chi connectivity index (χ1n) is 7.96. The van der Waals surface area contributed by atoms with Crippen LogP contribution in [0.5, 0.6) is 0 Å². The van der Waals surface area contributed by atoms with Crippen molar-refractivity contribution in [1.82, 2.24) is 9.88 Å². The van der Waals surface area contributed by atoms with E-state index in [-0.39, 0.29) is 28.2 Å². The van der Waals surface area contributed by atoms with Gasteiger partial charge in [0, 0.05) is 38.4 Å². The molecule has 1 aromatic carbocycles. The van der Waals surface area contributed by atoms with Crippen LogP contribution >= 0.6 is 0 Å². The van der Waals surface area contributed by atoms with Gasteiger partial charge in [-0.3, -0.25) is 9.59 Å². The number of aromatic nitrogens is 1. The van der Waals surface area contributed by atoms with Crippen LogP contribution in [0.2, 0.25) is 0 Å². The normalized spacial score (nSPS) is 18.2. The Morgan fingerprint density at radius 2 is 2.17 bits per heavy atom. The number of benzene rings is 1. The summed E-state index contributed by atoms with van der Waals surface area (Å²) in [6.45, 7) is 5.66. The van der Waals surface area contributed by atoms with Crippen molar-refractivity contribution in [2.24, 2.45) is 0 Å². The Morgan fingerprint density at radius 3 is 2.79 bits per heavy atom. The second kappa shape index (κ2) is 6.32. The van der Waals surface area contributed by atoms with Gasteiger partial charge in [0.05, 0.1) is 16.5 Å². The van der Waals surface area contributed by atoms with Crippen LogP contribution in [-0.4, -0.2) is 36.5 Å². The number of aryl methyl sites for hydroxylation is 1. The number of nitrogens with zero attached hydrogens (tertiary/aromatic N) is 2. The van der Waals surface area contributed by atoms with Crippen LogP contribution in [0.4, 0.5) is 14.5 Å². The zero-order chi connectivity index (χ0) is 17.4. The number of nitrogens with one attached hydrogen (secondary N) is 1. The zero-order valence-corrected chi connectivity index (χ0v) is 13.6. The van der Waals surface area contributed by atoms with E-state index in [2.05, 4.69) is 5.32 Å². The van der Waals surface area contributed by atoms with Gasteiger partial charge in [-0.25, -0.2) is 8.78 Å². The molecule has 1 fully saturated rings. The van der Waals surface area contributed by atoms with Crippen LogP contribution in [0.15, 0.2) is 17.1 Å². The van der Waals surface area contributed by atoms with Crippen LogP contribution in [0.3, 0.4) is 0 Å². The highest BCUT2D eigenvalue weighted by molar-refractivity contribution is 5.89. The van der Waals surface area contributed by atoms with Crippen LogP contribution in [0.1, 0.15) is 24.2 Å². The molecule has 1 unspecified atom stereocenters. The Bertz CT molecular complexity index is 863. The van der Waals surface area contributed by atoms with Crippen LogP contribution < -0.4 is 15.6 Å². The lowest BCUT2D eigenvalue weighted by Crippen LogP contribution is -2.49. The van der Waals surface area contributed by atoms with Crippen LogP contribution in [0.25, 0.3) is 10.9 Å². The first-order valence-corrected chi connectivity index (χ1v) is 7.96. The summed E-state index contributed by atoms with van der Waals surface area (Å²) in [4.78, 5) is 25.0. The summed E-state index contributed by atoms with van der Waals surface area (Å²) >= 11 is 0. The summed E-state index contributed by atoms with van der Waals surface area (Å²) in [6, 6.07) is 1.15. The van der Waals surface area contributed by atoms with E-state index in [4.69, 9.17) is 0 Å². The van der Waals surface area contributed by atoms with Gasteiger partial charge in [0.15, 0.2) is 17.5 Å². The van der Waals surface area contributed by atoms with Crippen molar-refractivity contribution in [2.45, 2.75) is 26.4 Å². The number of hydrogen-bond acceptors (Lipinski definition) is 4. The lowest BCUT2D eigenvalue weighted by Gasteiger charge is -2.34. The van der Waals surface area contributed by atoms with E-state index < -0.39 is 17.1 Å². The van der Waals surface area contributed by atoms with Gasteiger partial charge in [0.1, 0.15) is 11.5 Å². The number of carbonyl (C=O) groups is 1. The summed E-state index contributed by atoms with van der Waals surface area (Å²) in [5.74, 6) is -1.53. The number of fused-ring (bicyclic) bond motifs is 1. The third-order valence-electron chi connectivity index (χ3n) is 4.41. The second-order valence-corrected chi connectivity index (χ2v) is 6.04. The van der Waals surface area contributed by atoms with Crippen LogP contribution in [-0.2, 0) is 6.54 Å². The predicted octanol–water partition coefficient (Wildman–Crippen LogP) is 1.91. The van der Waals surface area contributed by atoms with E-state index in [1.165, 1.54) is 10.8 Å². The number of anilines is 1. The quantitative estimate of drug-likeness (QED) is 0.871. The maximum atomic E-state index is 15.2. The average Bonchev–Trinajstić information content (AvgIpc) is 2.56. The fourth-order valence-electron chi connectivity index (χ4n) is 3.26. The van der Waals surface area contributed by atoms with Crippen LogP contribution in [0, 0.1) is 11.6 Å². The highest BCUT2D eigenvalue weighted by Gasteiger charge is 2.26. The van der Waals surface area contributed by atoms with E-state index in [1.807, 2.05) is 6.92 Å². The number of carbonyl (C=O) groups excluding carboxylic acids is 1. The third-order valence-corrected chi connectivity index (χ3v) is 4.41. The number of halogens is 2. The number of rotatable bonds is 3. The molecule has 0 saturated carbocycles. The second-order valence-electron chi connectivity index (χ2n) is 6.04. The highest BCUT2D eigenvalue weighted by atomic mass is 19.1. The van der Waals surface area contributed by atoms with Crippen molar-refractivity contribution in [3.05, 3.63) is 39.7 Å². The molecule has 3 rings (SSSR count). The smallest absolute Gasteiger partial charge is 0.200 e. The van der Waals surface area contributed by atoms with Crippen molar-refractivity contribution in [2.75, 3.05) is 24.5 Å². The van der Waals surface area contributed by atoms with Crippen molar-refractivity contribution in [3.63, 3.8) is 0 Å². The molecule has 1 aliphatic heterocycles. The van der Waals surface area contributed by atoms with Gasteiger partial charge in [0.25, 0.3) is 0 Å². The van der Waals surface area contributed by atoms with Gasteiger partial charge in [-0.1, -0.05) is 0 Å². The third kappa shape index (κ3) is 2.58.